The van der Waals surface area contributed by atoms with Gasteiger partial charge in [-0.05, 0) is 31.2 Å². The molecule has 0 saturated heterocycles. The van der Waals surface area contributed by atoms with Crippen LogP contribution in [0.2, 0.25) is 0 Å². The zero-order valence-corrected chi connectivity index (χ0v) is 14.8. The summed E-state index contributed by atoms with van der Waals surface area (Å²) in [4.78, 5) is 27.9. The number of hydrogen-bond donors (Lipinski definition) is 0. The van der Waals surface area contributed by atoms with Crippen LogP contribution in [0.4, 0.5) is 0 Å². The monoisotopic (exact) mass is 343 g/mol. The van der Waals surface area contributed by atoms with E-state index in [2.05, 4.69) is 0 Å². The fraction of sp³-hybridized carbons (Fsp3) is 0.368. The number of aryl methyl sites for hydroxylation is 1. The molecule has 5 heteroatoms. The molecule has 0 bridgehead atoms. The van der Waals surface area contributed by atoms with Crippen LogP contribution in [-0.2, 0) is 22.4 Å². The van der Waals surface area contributed by atoms with Crippen LogP contribution in [-0.4, -0.2) is 30.9 Å². The number of likely N-dealkylation sites (N-methyl/N-ethyl adjacent to an activating group) is 1. The topological polar surface area (TPSA) is 46.6 Å². The van der Waals surface area contributed by atoms with Crippen molar-refractivity contribution in [1.29, 1.82) is 0 Å². The molecule has 1 aliphatic rings. The van der Waals surface area contributed by atoms with Gasteiger partial charge in [0.05, 0.1) is 5.56 Å². The summed E-state index contributed by atoms with van der Waals surface area (Å²) in [5, 5.41) is 1.88. The maximum atomic E-state index is 12.7. The number of amides is 1. The number of nitrogens with zero attached hydrogens (tertiary/aromatic N) is 1. The van der Waals surface area contributed by atoms with E-state index >= 15 is 0 Å². The second kappa shape index (κ2) is 7.18. The molecule has 2 aromatic rings. The lowest BCUT2D eigenvalue weighted by atomic mass is 9.96. The molecular formula is C19H21NO3S. The summed E-state index contributed by atoms with van der Waals surface area (Å²) in [6, 6.07) is 9.17. The van der Waals surface area contributed by atoms with E-state index in [1.807, 2.05) is 35.7 Å². The summed E-state index contributed by atoms with van der Waals surface area (Å²) in [6.07, 6.45) is 3.32. The van der Waals surface area contributed by atoms with Gasteiger partial charge in [-0.3, -0.25) is 4.79 Å². The smallest absolute Gasteiger partial charge is 0.340 e. The summed E-state index contributed by atoms with van der Waals surface area (Å²) in [6.45, 7) is 0. The molecule has 0 N–H and O–H groups in total. The minimum absolute atomic E-state index is 0.237. The molecule has 1 atom stereocenters. The van der Waals surface area contributed by atoms with Gasteiger partial charge in [0.2, 0.25) is 6.10 Å². The molecule has 1 heterocycles. The van der Waals surface area contributed by atoms with Crippen molar-refractivity contribution >= 4 is 23.2 Å². The van der Waals surface area contributed by atoms with E-state index in [0.717, 1.165) is 24.8 Å². The highest BCUT2D eigenvalue weighted by atomic mass is 32.1. The molecular weight excluding hydrogens is 322 g/mol. The second-order valence-corrected chi connectivity index (χ2v) is 7.15. The van der Waals surface area contributed by atoms with Gasteiger partial charge in [-0.25, -0.2) is 4.79 Å². The fourth-order valence-electron chi connectivity index (χ4n) is 2.96. The maximum Gasteiger partial charge on any atom is 0.340 e. The Morgan fingerprint density at radius 1 is 1.12 bits per heavy atom. The van der Waals surface area contributed by atoms with Crippen molar-refractivity contribution in [3.8, 4) is 0 Å². The van der Waals surface area contributed by atoms with Gasteiger partial charge in [-0.1, -0.05) is 30.3 Å². The third-order valence-corrected chi connectivity index (χ3v) is 5.36. The van der Waals surface area contributed by atoms with E-state index in [9.17, 15) is 9.59 Å². The van der Waals surface area contributed by atoms with Crippen molar-refractivity contribution in [2.75, 3.05) is 14.1 Å². The Bertz CT molecular complexity index is 736. The molecule has 0 radical (unpaired) electrons. The first kappa shape index (κ1) is 16.7. The van der Waals surface area contributed by atoms with Gasteiger partial charge >= 0.3 is 5.97 Å². The largest absolute Gasteiger partial charge is 0.444 e. The van der Waals surface area contributed by atoms with Crippen LogP contribution in [0.15, 0.2) is 35.7 Å². The van der Waals surface area contributed by atoms with Gasteiger partial charge in [-0.15, -0.1) is 11.3 Å². The first-order chi connectivity index (χ1) is 11.6. The number of carbonyl (C=O) groups excluding carboxylic acids is 2. The zero-order chi connectivity index (χ0) is 17.1. The average molecular weight is 343 g/mol. The Kier molecular flexibility index (Phi) is 5.00. The molecule has 3 rings (SSSR count). The molecule has 4 nitrogen and oxygen atoms in total. The first-order valence-corrected chi connectivity index (χ1v) is 9.02. The third kappa shape index (κ3) is 3.36. The predicted octanol–water partition coefficient (Wildman–Crippen LogP) is 3.61. The van der Waals surface area contributed by atoms with E-state index in [0.29, 0.717) is 11.1 Å². The Morgan fingerprint density at radius 2 is 1.83 bits per heavy atom. The van der Waals surface area contributed by atoms with Crippen LogP contribution >= 0.6 is 11.3 Å². The van der Waals surface area contributed by atoms with E-state index in [4.69, 9.17) is 4.74 Å². The minimum atomic E-state index is -0.909. The highest BCUT2D eigenvalue weighted by molar-refractivity contribution is 7.10. The summed E-state index contributed by atoms with van der Waals surface area (Å²) < 4.78 is 5.65. The summed E-state index contributed by atoms with van der Waals surface area (Å²) >= 11 is 1.62. The Hall–Kier alpha value is -2.14. The van der Waals surface area contributed by atoms with Gasteiger partial charge in [0, 0.05) is 29.9 Å². The minimum Gasteiger partial charge on any atom is -0.444 e. The Morgan fingerprint density at radius 3 is 2.54 bits per heavy atom. The van der Waals surface area contributed by atoms with Crippen LogP contribution in [0.3, 0.4) is 0 Å². The quantitative estimate of drug-likeness (QED) is 0.797. The zero-order valence-electron chi connectivity index (χ0n) is 14.0. The predicted molar refractivity (Wildman–Crippen MR) is 94.3 cm³/mol. The van der Waals surface area contributed by atoms with Crippen LogP contribution in [0.25, 0.3) is 0 Å². The molecule has 1 aromatic heterocycles. The normalized spacial score (nSPS) is 14.6. The maximum absolute atomic E-state index is 12.7. The number of esters is 1. The molecule has 1 amide bonds. The molecule has 0 aliphatic heterocycles. The van der Waals surface area contributed by atoms with Gasteiger partial charge in [-0.2, -0.15) is 0 Å². The standard InChI is InChI=1S/C19H21NO3S/c1-20(2)18(21)17(13-8-4-3-5-9-13)23-19(22)15-12-24-16-11-7-6-10-14(15)16/h3-5,8-9,12,17H,6-7,10-11H2,1-2H3. The van der Waals surface area contributed by atoms with Crippen molar-refractivity contribution in [3.63, 3.8) is 0 Å². The molecule has 126 valence electrons. The SMILES string of the molecule is CN(C)C(=O)C(OC(=O)c1csc2c1CCCC2)c1ccccc1. The number of rotatable bonds is 4. The Balaban J connectivity index is 1.86. The number of hydrogen-bond acceptors (Lipinski definition) is 4. The van der Waals surface area contributed by atoms with E-state index in [1.54, 1.807) is 25.4 Å². The van der Waals surface area contributed by atoms with Crippen LogP contribution in [0, 0.1) is 0 Å². The van der Waals surface area contributed by atoms with E-state index in [1.165, 1.54) is 16.2 Å². The highest BCUT2D eigenvalue weighted by Crippen LogP contribution is 2.32. The summed E-state index contributed by atoms with van der Waals surface area (Å²) in [5.74, 6) is -0.642. The van der Waals surface area contributed by atoms with Crippen LogP contribution in [0.5, 0.6) is 0 Å². The summed E-state index contributed by atoms with van der Waals surface area (Å²) in [7, 11) is 3.33. The van der Waals surface area contributed by atoms with Crippen molar-refractivity contribution in [2.24, 2.45) is 0 Å². The van der Waals surface area contributed by atoms with Crippen molar-refractivity contribution in [3.05, 3.63) is 57.3 Å². The molecule has 0 spiro atoms. The first-order valence-electron chi connectivity index (χ1n) is 8.14. The summed E-state index contributed by atoms with van der Waals surface area (Å²) in [5.41, 5.74) is 2.43. The third-order valence-electron chi connectivity index (χ3n) is 4.27. The van der Waals surface area contributed by atoms with E-state index in [-0.39, 0.29) is 5.91 Å². The van der Waals surface area contributed by atoms with Crippen molar-refractivity contribution in [1.82, 2.24) is 4.90 Å². The molecule has 1 unspecified atom stereocenters. The van der Waals surface area contributed by atoms with Gasteiger partial charge in [0.1, 0.15) is 0 Å². The molecule has 24 heavy (non-hydrogen) atoms. The Labute approximate surface area is 146 Å². The van der Waals surface area contributed by atoms with Crippen molar-refractivity contribution in [2.45, 2.75) is 31.8 Å². The second-order valence-electron chi connectivity index (χ2n) is 6.19. The molecule has 0 saturated carbocycles. The lowest BCUT2D eigenvalue weighted by Crippen LogP contribution is -2.31. The average Bonchev–Trinajstić information content (AvgIpc) is 3.04. The lowest BCUT2D eigenvalue weighted by Gasteiger charge is -2.21. The molecule has 1 aliphatic carbocycles. The van der Waals surface area contributed by atoms with Gasteiger partial charge in [0.15, 0.2) is 0 Å². The van der Waals surface area contributed by atoms with Crippen molar-refractivity contribution < 1.29 is 14.3 Å². The lowest BCUT2D eigenvalue weighted by molar-refractivity contribution is -0.138. The number of carbonyl (C=O) groups is 2. The highest BCUT2D eigenvalue weighted by Gasteiger charge is 2.29. The number of ether oxygens (including phenoxy) is 1. The van der Waals surface area contributed by atoms with Crippen LogP contribution < -0.4 is 0 Å². The van der Waals surface area contributed by atoms with Gasteiger partial charge in [0.25, 0.3) is 5.91 Å². The van der Waals surface area contributed by atoms with Crippen LogP contribution in [0.1, 0.15) is 45.3 Å². The molecule has 1 aromatic carbocycles. The number of fused-ring (bicyclic) bond motifs is 1. The number of thiophene rings is 1. The number of benzene rings is 1. The van der Waals surface area contributed by atoms with Gasteiger partial charge < -0.3 is 9.64 Å². The molecule has 0 fully saturated rings. The van der Waals surface area contributed by atoms with E-state index < -0.39 is 12.1 Å². The fourth-order valence-corrected chi connectivity index (χ4v) is 4.07.